The predicted molar refractivity (Wildman–Crippen MR) is 486 cm³/mol. The van der Waals surface area contributed by atoms with Crippen LogP contribution in [0.2, 0.25) is 0 Å². The first-order valence-corrected chi connectivity index (χ1v) is 42.8. The molecule has 12 aromatic rings. The smallest absolute Gasteiger partial charge is 0.269 e. The van der Waals surface area contributed by atoms with Crippen LogP contribution in [0.15, 0.2) is 152 Å². The van der Waals surface area contributed by atoms with Gasteiger partial charge in [0, 0.05) is 181 Å². The molecule has 0 saturated carbocycles. The van der Waals surface area contributed by atoms with Crippen molar-refractivity contribution in [1.29, 1.82) is 0 Å². The number of pyridine rings is 4. The van der Waals surface area contributed by atoms with E-state index in [1.807, 2.05) is 24.3 Å². The second-order valence-corrected chi connectivity index (χ2v) is 33.2. The third kappa shape index (κ3) is 19.4. The number of nitrogens with two attached hydrogens (primary N) is 5. The molecular weight excluding hydrogens is 1750 g/mol. The summed E-state index contributed by atoms with van der Waals surface area (Å²) in [6.45, 7) is 2.32. The molecule has 39 nitrogen and oxygen atoms in total. The fourth-order valence-corrected chi connectivity index (χ4v) is 16.2. The lowest BCUT2D eigenvalue weighted by atomic mass is 9.95. The van der Waals surface area contributed by atoms with E-state index in [-0.39, 0.29) is 65.7 Å². The van der Waals surface area contributed by atoms with Crippen molar-refractivity contribution in [2.45, 2.75) is 105 Å². The van der Waals surface area contributed by atoms with Gasteiger partial charge in [-0.3, -0.25) is 47.9 Å². The monoisotopic (exact) mass is 1840 g/mol. The fraction of sp³-hybridized carbons (Fsp3) is 0.281. The lowest BCUT2D eigenvalue weighted by Gasteiger charge is -2.14. The van der Waals surface area contributed by atoms with Gasteiger partial charge in [0.1, 0.15) is 11.5 Å². The molecule has 5 fully saturated rings. The summed E-state index contributed by atoms with van der Waals surface area (Å²) in [7, 11) is 8.16. The van der Waals surface area contributed by atoms with Gasteiger partial charge >= 0.3 is 0 Å². The average Bonchev–Trinajstić information content (AvgIpc) is 1.64. The van der Waals surface area contributed by atoms with Crippen molar-refractivity contribution in [2.24, 2.45) is 28.7 Å². The van der Waals surface area contributed by atoms with Crippen LogP contribution in [0.3, 0.4) is 0 Å². The van der Waals surface area contributed by atoms with Gasteiger partial charge in [-0.2, -0.15) is 25.5 Å². The molecule has 3 aromatic carbocycles. The van der Waals surface area contributed by atoms with Crippen LogP contribution in [0.25, 0.3) is 50.8 Å². The Kier molecular flexibility index (Phi) is 26.3. The number of aliphatic hydroxyl groups is 5. The minimum atomic E-state index is -1.72. The maximum absolute atomic E-state index is 13.6. The summed E-state index contributed by atoms with van der Waals surface area (Å²) >= 11 is 0. The molecule has 0 spiro atoms. The third-order valence-corrected chi connectivity index (χ3v) is 23.7. The van der Waals surface area contributed by atoms with Gasteiger partial charge in [-0.25, -0.2) is 47.7 Å². The van der Waals surface area contributed by atoms with E-state index in [0.29, 0.717) is 112 Å². The van der Waals surface area contributed by atoms with Gasteiger partial charge in [0.25, 0.3) is 59.1 Å². The Morgan fingerprint density at radius 3 is 1.17 bits per heavy atom. The molecule has 0 bridgehead atoms. The first-order valence-electron chi connectivity index (χ1n) is 42.8. The fourth-order valence-electron chi connectivity index (χ4n) is 16.2. The van der Waals surface area contributed by atoms with E-state index >= 15 is 0 Å². The number of fused-ring (bicyclic) bond motifs is 4. The van der Waals surface area contributed by atoms with Crippen LogP contribution >= 0.6 is 0 Å². The lowest BCUT2D eigenvalue weighted by Crippen LogP contribution is -2.37. The largest absolute Gasteiger partial charge is 0.369 e. The Bertz CT molecular complexity index is 7300. The van der Waals surface area contributed by atoms with Crippen molar-refractivity contribution in [1.82, 2.24) is 93.3 Å². The molecule has 19 rings (SSSR count). The Balaban J connectivity index is 0.000000129. The van der Waals surface area contributed by atoms with Crippen LogP contribution in [0, 0.1) is 65.0 Å². The molecule has 9 aromatic heterocycles. The van der Waals surface area contributed by atoms with E-state index in [1.54, 1.807) is 136 Å². The number of rotatable bonds is 10. The number of nitrogens with zero attached hydrogens (tertiary/aromatic N) is 19. The van der Waals surface area contributed by atoms with E-state index in [1.165, 1.54) is 75.2 Å². The second kappa shape index (κ2) is 38.1. The van der Waals surface area contributed by atoms with Crippen LogP contribution in [-0.4, -0.2) is 274 Å². The van der Waals surface area contributed by atoms with Crippen molar-refractivity contribution in [2.75, 3.05) is 68.0 Å². The predicted octanol–water partition coefficient (Wildman–Crippen LogP) is 0.972. The molecule has 0 radical (unpaired) electrons. The van der Waals surface area contributed by atoms with Crippen LogP contribution < -0.4 is 28.7 Å². The first kappa shape index (κ1) is 93.7. The SMILES string of the molecule is CN1CC[C@@](O)(C#Cc2cccc(-n3nc(C(N)=O)c4c3CCCC4)c2)C1=O.CN1CC[C@@](O)(C#Cc2cccc(-n3nc(C(N)=O)c4cccnc43)c2)C1=O.CN1CC[C@@](O)(C#Cc2ccnc(-n3ccc(C(N)=O)n3)c2)C1=O.CN1CC[C@@](O)(C#Cc2ccnc(-n3nc(C(N)=O)c4c3CCC4)c2)C1=O.CN1CC[C@@](O)(C#Cc2ccnc(-n3nc(C(N)=O)c4cc(F)ccc43)c2)C1=O. The highest BCUT2D eigenvalue weighted by Crippen LogP contribution is 2.33. The van der Waals surface area contributed by atoms with Crippen molar-refractivity contribution >= 4 is 81.0 Å². The molecule has 14 heterocycles. The average molecular weight is 1840 g/mol. The van der Waals surface area contributed by atoms with Gasteiger partial charge in [0.2, 0.25) is 28.0 Å². The van der Waals surface area contributed by atoms with E-state index in [2.05, 4.69) is 105 Å². The zero-order valence-electron chi connectivity index (χ0n) is 74.0. The number of aromatic nitrogens is 14. The van der Waals surface area contributed by atoms with Crippen LogP contribution in [0.5, 0.6) is 0 Å². The molecule has 5 atom stereocenters. The zero-order chi connectivity index (χ0) is 97.0. The van der Waals surface area contributed by atoms with Gasteiger partial charge in [-0.1, -0.05) is 71.3 Å². The number of primary amides is 5. The van der Waals surface area contributed by atoms with Crippen LogP contribution in [0.1, 0.15) is 154 Å². The number of likely N-dealkylation sites (tertiary alicyclic amines) is 5. The van der Waals surface area contributed by atoms with Crippen molar-refractivity contribution in [3.05, 3.63) is 237 Å². The molecule has 15 N–H and O–H groups in total. The number of benzene rings is 3. The minimum absolute atomic E-state index is 0.0771. The quantitative estimate of drug-likeness (QED) is 0.0853. The summed E-state index contributed by atoms with van der Waals surface area (Å²) in [4.78, 5) is 142. The highest BCUT2D eigenvalue weighted by Gasteiger charge is 2.47. The lowest BCUT2D eigenvalue weighted by molar-refractivity contribution is -0.138. The normalized spacial score (nSPS) is 20.0. The first-order chi connectivity index (χ1) is 64.8. The second-order valence-electron chi connectivity index (χ2n) is 33.2. The Hall–Kier alpha value is -16.9. The van der Waals surface area contributed by atoms with Crippen molar-refractivity contribution in [3.63, 3.8) is 0 Å². The Morgan fingerprint density at radius 1 is 0.360 bits per heavy atom. The van der Waals surface area contributed by atoms with Crippen molar-refractivity contribution in [3.8, 4) is 88.0 Å². The molecule has 40 heteroatoms. The number of hydrogen-bond acceptors (Lipinski definition) is 24. The number of halogens is 1. The van der Waals surface area contributed by atoms with E-state index in [9.17, 15) is 77.9 Å². The number of carbonyl (C=O) groups excluding carboxylic acids is 10. The molecule has 690 valence electrons. The molecule has 2 aliphatic carbocycles. The molecule has 136 heavy (non-hydrogen) atoms. The third-order valence-electron chi connectivity index (χ3n) is 23.7. The van der Waals surface area contributed by atoms with Crippen LogP contribution in [-0.2, 0) is 49.7 Å². The molecular formula is C96H89FN24O15. The highest BCUT2D eigenvalue weighted by atomic mass is 19.1. The van der Waals surface area contributed by atoms with Gasteiger partial charge in [-0.05, 0) is 154 Å². The Morgan fingerprint density at radius 2 is 0.735 bits per heavy atom. The Labute approximate surface area is 775 Å². The number of carbonyl (C=O) groups is 10. The minimum Gasteiger partial charge on any atom is -0.369 e. The molecule has 5 aliphatic heterocycles. The van der Waals surface area contributed by atoms with Crippen molar-refractivity contribution < 1.29 is 77.9 Å². The molecule has 7 aliphatic rings. The topological polar surface area (TPSA) is 559 Å². The number of amides is 10. The van der Waals surface area contributed by atoms with E-state index in [0.717, 1.165) is 73.1 Å². The van der Waals surface area contributed by atoms with E-state index in [4.69, 9.17) is 28.7 Å². The maximum atomic E-state index is 13.6. The maximum Gasteiger partial charge on any atom is 0.269 e. The van der Waals surface area contributed by atoms with Gasteiger partial charge < -0.3 is 78.7 Å². The standard InChI is InChI=1S/C21H22N4O3.C20H16FN5O3.C20H17N5O3.C19H19N5O3.C16H15N5O3/c1-24-12-11-21(28,20(24)27)10-9-14-5-4-6-15(13-14)25-17-8-3-2-7-16(17)18(23-25)19(22)26;1-25-9-7-20(29,19(25)28)6-4-12-5-8-23-16(10-12)26-15-3-2-13(21)11-14(15)17(24-26)18(22)27;1-24-11-9-20(28,19(24)27)8-7-13-4-2-5-14(12-13)25-18-15(6-3-10-22-18)16(23-25)17(21)26;1-23-10-8-19(27,18(23)26)7-5-12-6-9-21-15(11-12)24-14-4-2-3-13(14)16(22-24)17(20)25;1-20-9-6-16(24,15(20)23)5-2-11-3-7-18-13(10-11)21-8-4-12(19-21)14(17)22/h4-6,13,28H,2-3,7-8,11-12H2,1H3,(H2,22,26);2-3,5,8,10-11,29H,7,9H2,1H3,(H2,22,27);2-6,10,12,28H,9,11H2,1H3,(H2,21,26);6,9,11,27H,2-4,8,10H2,1H3,(H2,20,25);3-4,7-8,10,24H,6,9H2,1H3,(H2,17,22)/t21-;2*20-;19-;16-/m00000/s1. The van der Waals surface area contributed by atoms with Crippen LogP contribution in [0.4, 0.5) is 4.39 Å². The molecule has 10 amide bonds. The van der Waals surface area contributed by atoms with Gasteiger partial charge in [0.05, 0.1) is 28.0 Å². The molecule has 5 saturated heterocycles. The zero-order valence-corrected chi connectivity index (χ0v) is 74.0. The van der Waals surface area contributed by atoms with Gasteiger partial charge in [-0.15, -0.1) is 0 Å². The number of likely N-dealkylation sites (N-methyl/N-ethyl adjacent to an activating group) is 5. The van der Waals surface area contributed by atoms with Gasteiger partial charge in [0.15, 0.2) is 45.9 Å². The summed E-state index contributed by atoms with van der Waals surface area (Å²) in [5.74, 6) is 23.3. The highest BCUT2D eigenvalue weighted by molar-refractivity contribution is 6.05. The summed E-state index contributed by atoms with van der Waals surface area (Å²) in [6.07, 6.45) is 15.3. The van der Waals surface area contributed by atoms with E-state index < -0.39 is 81.1 Å². The molecule has 0 unspecified atom stereocenters. The summed E-state index contributed by atoms with van der Waals surface area (Å²) in [5.41, 5.74) is 28.4. The summed E-state index contributed by atoms with van der Waals surface area (Å²) in [6, 6.07) is 33.2. The summed E-state index contributed by atoms with van der Waals surface area (Å²) < 4.78 is 21.3. The number of hydrogen-bond donors (Lipinski definition) is 10. The summed E-state index contributed by atoms with van der Waals surface area (Å²) in [5, 5.41) is 74.1.